The van der Waals surface area contributed by atoms with Crippen molar-refractivity contribution in [2.75, 3.05) is 43.4 Å². The first-order valence-electron chi connectivity index (χ1n) is 10.2. The monoisotopic (exact) mass is 366 g/mol. The van der Waals surface area contributed by atoms with Gasteiger partial charge in [-0.3, -0.25) is 9.58 Å². The van der Waals surface area contributed by atoms with Crippen LogP contribution in [0.25, 0.3) is 21.8 Å². The predicted octanol–water partition coefficient (Wildman–Crippen LogP) is 3.50. The van der Waals surface area contributed by atoms with Gasteiger partial charge in [0.25, 0.3) is 0 Å². The van der Waals surface area contributed by atoms with Crippen LogP contribution in [0.2, 0.25) is 0 Å². The Morgan fingerprint density at radius 3 is 2.56 bits per heavy atom. The Bertz CT molecular complexity index is 923. The van der Waals surface area contributed by atoms with Gasteiger partial charge in [-0.05, 0) is 37.6 Å². The van der Waals surface area contributed by atoms with Crippen LogP contribution in [0.5, 0.6) is 0 Å². The largest absolute Gasteiger partial charge is 0.382 e. The first kappa shape index (κ1) is 18.0. The number of nitrogen functional groups attached to an aromatic ring is 1. The van der Waals surface area contributed by atoms with Gasteiger partial charge in [-0.2, -0.15) is 5.10 Å². The standard InChI is InChI=1S/C21H30N6/c1-3-5-9-27-15-18-17-14-16(26-12-10-25(8-4-2)11-13-26)6-7-19(17)23-21(22)20(18)24-27/h6-7,14-15H,3-5,8-13H2,1-2H3,(H2,22,23). The number of nitrogens with zero attached hydrogens (tertiary/aromatic N) is 5. The number of nitrogens with two attached hydrogens (primary N) is 1. The van der Waals surface area contributed by atoms with Gasteiger partial charge >= 0.3 is 0 Å². The number of benzene rings is 1. The van der Waals surface area contributed by atoms with Gasteiger partial charge in [-0.15, -0.1) is 0 Å². The molecular formula is C21H30N6. The number of hydrogen-bond donors (Lipinski definition) is 1. The second kappa shape index (κ2) is 7.72. The average molecular weight is 367 g/mol. The van der Waals surface area contributed by atoms with Gasteiger partial charge in [0.1, 0.15) is 5.52 Å². The smallest absolute Gasteiger partial charge is 0.152 e. The van der Waals surface area contributed by atoms with Gasteiger partial charge in [0.2, 0.25) is 0 Å². The number of hydrogen-bond acceptors (Lipinski definition) is 5. The molecule has 0 bridgehead atoms. The van der Waals surface area contributed by atoms with Crippen molar-refractivity contribution < 1.29 is 0 Å². The van der Waals surface area contributed by atoms with Gasteiger partial charge in [0.05, 0.1) is 5.52 Å². The number of anilines is 2. The topological polar surface area (TPSA) is 63.2 Å². The number of aromatic nitrogens is 3. The first-order valence-corrected chi connectivity index (χ1v) is 10.2. The van der Waals surface area contributed by atoms with Crippen molar-refractivity contribution in [1.82, 2.24) is 19.7 Å². The molecule has 27 heavy (non-hydrogen) atoms. The second-order valence-corrected chi connectivity index (χ2v) is 7.54. The molecular weight excluding hydrogens is 336 g/mol. The van der Waals surface area contributed by atoms with Crippen molar-refractivity contribution in [1.29, 1.82) is 0 Å². The molecule has 6 heteroatoms. The summed E-state index contributed by atoms with van der Waals surface area (Å²) in [5, 5.41) is 6.94. The van der Waals surface area contributed by atoms with Crippen molar-refractivity contribution in [2.45, 2.75) is 39.7 Å². The molecule has 3 aromatic rings. The molecule has 0 spiro atoms. The summed E-state index contributed by atoms with van der Waals surface area (Å²) < 4.78 is 2.02. The van der Waals surface area contributed by atoms with Crippen LogP contribution >= 0.6 is 0 Å². The molecule has 0 atom stereocenters. The number of unbranched alkanes of at least 4 members (excludes halogenated alkanes) is 1. The molecule has 2 aromatic heterocycles. The van der Waals surface area contributed by atoms with E-state index in [0.717, 1.165) is 67.4 Å². The van der Waals surface area contributed by atoms with E-state index in [0.29, 0.717) is 5.82 Å². The van der Waals surface area contributed by atoms with E-state index in [1.54, 1.807) is 0 Å². The van der Waals surface area contributed by atoms with Crippen molar-refractivity contribution in [3.05, 3.63) is 24.4 Å². The molecule has 0 saturated carbocycles. The summed E-state index contributed by atoms with van der Waals surface area (Å²) in [6.07, 6.45) is 5.63. The zero-order valence-electron chi connectivity index (χ0n) is 16.5. The number of piperazine rings is 1. The SMILES string of the molecule is CCCCn1cc2c(n1)c(N)nc1ccc(N3CCN(CCC)CC3)cc12. The molecule has 1 saturated heterocycles. The summed E-state index contributed by atoms with van der Waals surface area (Å²) in [4.78, 5) is 9.63. The zero-order chi connectivity index (χ0) is 18.8. The number of pyridine rings is 1. The van der Waals surface area contributed by atoms with Crippen LogP contribution in [-0.4, -0.2) is 52.4 Å². The van der Waals surface area contributed by atoms with Crippen LogP contribution in [-0.2, 0) is 6.54 Å². The highest BCUT2D eigenvalue weighted by Gasteiger charge is 2.18. The van der Waals surface area contributed by atoms with Gasteiger partial charge < -0.3 is 10.6 Å². The molecule has 1 aliphatic rings. The van der Waals surface area contributed by atoms with E-state index >= 15 is 0 Å². The number of fused-ring (bicyclic) bond motifs is 3. The van der Waals surface area contributed by atoms with E-state index in [9.17, 15) is 0 Å². The molecule has 6 nitrogen and oxygen atoms in total. The molecule has 4 rings (SSSR count). The highest BCUT2D eigenvalue weighted by atomic mass is 15.3. The van der Waals surface area contributed by atoms with Gasteiger partial charge in [0, 0.05) is 55.4 Å². The number of aryl methyl sites for hydroxylation is 1. The van der Waals surface area contributed by atoms with E-state index in [2.05, 4.69) is 58.1 Å². The quantitative estimate of drug-likeness (QED) is 0.723. The molecule has 1 fully saturated rings. The fraction of sp³-hybridized carbons (Fsp3) is 0.524. The average Bonchev–Trinajstić information content (AvgIpc) is 3.12. The normalized spacial score (nSPS) is 15.9. The Hall–Kier alpha value is -2.34. The van der Waals surface area contributed by atoms with Gasteiger partial charge in [0.15, 0.2) is 5.82 Å². The summed E-state index contributed by atoms with van der Waals surface area (Å²) in [7, 11) is 0. The lowest BCUT2D eigenvalue weighted by molar-refractivity contribution is 0.258. The fourth-order valence-corrected chi connectivity index (χ4v) is 4.00. The van der Waals surface area contributed by atoms with Crippen LogP contribution in [0.15, 0.2) is 24.4 Å². The van der Waals surface area contributed by atoms with Crippen LogP contribution in [0.4, 0.5) is 11.5 Å². The van der Waals surface area contributed by atoms with Gasteiger partial charge in [-0.25, -0.2) is 4.98 Å². The Morgan fingerprint density at radius 2 is 1.81 bits per heavy atom. The predicted molar refractivity (Wildman–Crippen MR) is 113 cm³/mol. The Balaban J connectivity index is 1.67. The molecule has 2 N–H and O–H groups in total. The third-order valence-corrected chi connectivity index (χ3v) is 5.53. The van der Waals surface area contributed by atoms with Crippen LogP contribution in [0.1, 0.15) is 33.1 Å². The maximum atomic E-state index is 6.19. The molecule has 144 valence electrons. The highest BCUT2D eigenvalue weighted by molar-refractivity contribution is 6.08. The van der Waals surface area contributed by atoms with Crippen molar-refractivity contribution in [3.63, 3.8) is 0 Å². The Morgan fingerprint density at radius 1 is 1.00 bits per heavy atom. The third-order valence-electron chi connectivity index (χ3n) is 5.53. The molecule has 0 amide bonds. The van der Waals surface area contributed by atoms with Crippen LogP contribution in [0.3, 0.4) is 0 Å². The molecule has 0 radical (unpaired) electrons. The van der Waals surface area contributed by atoms with Crippen LogP contribution in [0, 0.1) is 0 Å². The molecule has 1 aromatic carbocycles. The summed E-state index contributed by atoms with van der Waals surface area (Å²) >= 11 is 0. The van der Waals surface area contributed by atoms with Gasteiger partial charge in [-0.1, -0.05) is 20.3 Å². The third kappa shape index (κ3) is 3.58. The van der Waals surface area contributed by atoms with E-state index < -0.39 is 0 Å². The van der Waals surface area contributed by atoms with Crippen molar-refractivity contribution in [2.24, 2.45) is 0 Å². The van der Waals surface area contributed by atoms with E-state index in [-0.39, 0.29) is 0 Å². The van der Waals surface area contributed by atoms with E-state index in [1.165, 1.54) is 18.7 Å². The minimum atomic E-state index is 0.522. The summed E-state index contributed by atoms with van der Waals surface area (Å²) in [6.45, 7) is 11.0. The number of rotatable bonds is 6. The summed E-state index contributed by atoms with van der Waals surface area (Å²) in [5.74, 6) is 0.522. The fourth-order valence-electron chi connectivity index (χ4n) is 4.00. The zero-order valence-corrected chi connectivity index (χ0v) is 16.5. The molecule has 0 aliphatic carbocycles. The van der Waals surface area contributed by atoms with Crippen molar-refractivity contribution in [3.8, 4) is 0 Å². The van der Waals surface area contributed by atoms with Crippen LogP contribution < -0.4 is 10.6 Å². The molecule has 1 aliphatic heterocycles. The lowest BCUT2D eigenvalue weighted by atomic mass is 10.1. The maximum absolute atomic E-state index is 6.19. The molecule has 0 unspecified atom stereocenters. The van der Waals surface area contributed by atoms with E-state index in [4.69, 9.17) is 5.73 Å². The minimum Gasteiger partial charge on any atom is -0.382 e. The first-order chi connectivity index (χ1) is 13.2. The Kier molecular flexibility index (Phi) is 5.16. The lowest BCUT2D eigenvalue weighted by Crippen LogP contribution is -2.46. The second-order valence-electron chi connectivity index (χ2n) is 7.54. The molecule has 3 heterocycles. The maximum Gasteiger partial charge on any atom is 0.152 e. The summed E-state index contributed by atoms with van der Waals surface area (Å²) in [5.41, 5.74) is 9.23. The summed E-state index contributed by atoms with van der Waals surface area (Å²) in [6, 6.07) is 6.55. The van der Waals surface area contributed by atoms with Crippen molar-refractivity contribution >= 4 is 33.3 Å². The van der Waals surface area contributed by atoms with E-state index in [1.807, 2.05) is 4.68 Å². The minimum absolute atomic E-state index is 0.522. The lowest BCUT2D eigenvalue weighted by Gasteiger charge is -2.36. The Labute approximate surface area is 160 Å². The highest BCUT2D eigenvalue weighted by Crippen LogP contribution is 2.30.